The van der Waals surface area contributed by atoms with Crippen LogP contribution >= 0.6 is 11.6 Å². The van der Waals surface area contributed by atoms with Crippen molar-refractivity contribution in [2.45, 2.75) is 6.42 Å². The Morgan fingerprint density at radius 2 is 1.89 bits per heavy atom. The summed E-state index contributed by atoms with van der Waals surface area (Å²) in [5, 5.41) is 0.569. The summed E-state index contributed by atoms with van der Waals surface area (Å²) in [5.41, 5.74) is 5.77. The van der Waals surface area contributed by atoms with E-state index < -0.39 is 17.7 Å². The molecule has 140 valence electrons. The second-order valence-corrected chi connectivity index (χ2v) is 6.49. The lowest BCUT2D eigenvalue weighted by atomic mass is 10.1. The molecule has 0 saturated carbocycles. The number of hydrogen-bond donors (Lipinski definition) is 2. The molecule has 27 heavy (non-hydrogen) atoms. The molecule has 0 spiro atoms. The number of ether oxygens (including phenoxy) is 1. The Labute approximate surface area is 161 Å². The summed E-state index contributed by atoms with van der Waals surface area (Å²) < 4.78 is 5.07. The van der Waals surface area contributed by atoms with Gasteiger partial charge < -0.3 is 9.64 Å². The van der Waals surface area contributed by atoms with E-state index in [9.17, 15) is 14.4 Å². The minimum Gasteiger partial charge on any atom is -0.497 e. The fourth-order valence-corrected chi connectivity index (χ4v) is 2.94. The van der Waals surface area contributed by atoms with Gasteiger partial charge in [-0.3, -0.25) is 25.2 Å². The molecule has 2 aromatic rings. The van der Waals surface area contributed by atoms with Gasteiger partial charge in [0.15, 0.2) is 0 Å². The average Bonchev–Trinajstić information content (AvgIpc) is 3.08. The third-order valence-corrected chi connectivity index (χ3v) is 4.52. The second-order valence-electron chi connectivity index (χ2n) is 6.06. The summed E-state index contributed by atoms with van der Waals surface area (Å²) in [6.07, 6.45) is 0.0729. The van der Waals surface area contributed by atoms with Gasteiger partial charge in [0.2, 0.25) is 11.8 Å². The summed E-state index contributed by atoms with van der Waals surface area (Å²) in [4.78, 5) is 38.2. The van der Waals surface area contributed by atoms with E-state index in [0.29, 0.717) is 22.0 Å². The van der Waals surface area contributed by atoms with Crippen LogP contribution in [0.5, 0.6) is 5.75 Å². The van der Waals surface area contributed by atoms with Crippen molar-refractivity contribution in [3.05, 3.63) is 59.1 Å². The topological polar surface area (TPSA) is 87.7 Å². The van der Waals surface area contributed by atoms with Crippen molar-refractivity contribution >= 4 is 35.0 Å². The van der Waals surface area contributed by atoms with Crippen LogP contribution in [0.2, 0.25) is 5.02 Å². The Balaban J connectivity index is 1.57. The Hall–Kier alpha value is -3.06. The zero-order valence-corrected chi connectivity index (χ0v) is 15.3. The monoisotopic (exact) mass is 387 g/mol. The average molecular weight is 388 g/mol. The zero-order chi connectivity index (χ0) is 19.4. The first-order valence-corrected chi connectivity index (χ1v) is 8.66. The molecule has 0 aromatic heterocycles. The van der Waals surface area contributed by atoms with Crippen LogP contribution in [0.15, 0.2) is 48.5 Å². The maximum atomic E-state index is 12.3. The molecule has 0 unspecified atom stereocenters. The van der Waals surface area contributed by atoms with E-state index in [1.54, 1.807) is 48.5 Å². The van der Waals surface area contributed by atoms with Gasteiger partial charge in [-0.1, -0.05) is 17.7 Å². The first-order valence-electron chi connectivity index (χ1n) is 8.28. The molecule has 7 nitrogen and oxygen atoms in total. The molecule has 3 rings (SSSR count). The van der Waals surface area contributed by atoms with Crippen molar-refractivity contribution in [3.63, 3.8) is 0 Å². The lowest BCUT2D eigenvalue weighted by molar-refractivity contribution is -0.126. The third-order valence-electron chi connectivity index (χ3n) is 4.27. The molecule has 2 aromatic carbocycles. The molecule has 1 atom stereocenters. The van der Waals surface area contributed by atoms with Gasteiger partial charge in [-0.2, -0.15) is 0 Å². The van der Waals surface area contributed by atoms with Gasteiger partial charge in [0.1, 0.15) is 5.75 Å². The minimum atomic E-state index is -0.557. The molecular formula is C19H18ClN3O4. The number of hydrogen-bond acceptors (Lipinski definition) is 4. The zero-order valence-electron chi connectivity index (χ0n) is 14.6. The number of methoxy groups -OCH3 is 1. The van der Waals surface area contributed by atoms with Crippen LogP contribution < -0.4 is 20.5 Å². The fourth-order valence-electron chi connectivity index (χ4n) is 2.81. The van der Waals surface area contributed by atoms with Crippen LogP contribution in [-0.2, 0) is 9.59 Å². The van der Waals surface area contributed by atoms with E-state index >= 15 is 0 Å². The van der Waals surface area contributed by atoms with Crippen LogP contribution in [0.1, 0.15) is 16.8 Å². The number of hydrazine groups is 1. The Morgan fingerprint density at radius 1 is 1.15 bits per heavy atom. The smallest absolute Gasteiger partial charge is 0.269 e. The predicted octanol–water partition coefficient (Wildman–Crippen LogP) is 2.16. The van der Waals surface area contributed by atoms with Gasteiger partial charge in [0.05, 0.1) is 13.0 Å². The highest BCUT2D eigenvalue weighted by Gasteiger charge is 2.35. The summed E-state index contributed by atoms with van der Waals surface area (Å²) in [5.74, 6) is -1.07. The standard InChI is InChI=1S/C19H18ClN3O4/c1-27-16-4-2-3-12(9-16)18(25)21-22-19(26)13-10-17(24)23(11-13)15-7-5-14(20)6-8-15/h2-9,13H,10-11H2,1H3,(H,21,25)(H,22,26)/t13-/m0/s1. The van der Waals surface area contributed by atoms with Gasteiger partial charge in [-0.05, 0) is 42.5 Å². The van der Waals surface area contributed by atoms with E-state index in [0.717, 1.165) is 0 Å². The first kappa shape index (κ1) is 18.7. The van der Waals surface area contributed by atoms with Crippen molar-refractivity contribution in [3.8, 4) is 5.75 Å². The molecule has 1 aliphatic heterocycles. The number of amides is 3. The predicted molar refractivity (Wildman–Crippen MR) is 101 cm³/mol. The van der Waals surface area contributed by atoms with E-state index in [2.05, 4.69) is 10.9 Å². The maximum Gasteiger partial charge on any atom is 0.269 e. The van der Waals surface area contributed by atoms with Crippen molar-refractivity contribution in [1.29, 1.82) is 0 Å². The van der Waals surface area contributed by atoms with E-state index in [1.807, 2.05) is 0 Å². The van der Waals surface area contributed by atoms with Gasteiger partial charge in [-0.25, -0.2) is 0 Å². The SMILES string of the molecule is COc1cccc(C(=O)NNC(=O)[C@H]2CC(=O)N(c3ccc(Cl)cc3)C2)c1. The number of benzene rings is 2. The highest BCUT2D eigenvalue weighted by atomic mass is 35.5. The lowest BCUT2D eigenvalue weighted by Crippen LogP contribution is -2.45. The normalized spacial score (nSPS) is 16.1. The summed E-state index contributed by atoms with van der Waals surface area (Å²) in [6.45, 7) is 0.237. The number of halogens is 1. The number of anilines is 1. The van der Waals surface area contributed by atoms with E-state index in [4.69, 9.17) is 16.3 Å². The molecule has 1 saturated heterocycles. The summed E-state index contributed by atoms with van der Waals surface area (Å²) in [6, 6.07) is 13.4. The number of carbonyl (C=O) groups excluding carboxylic acids is 3. The molecule has 1 aliphatic rings. The molecule has 0 aliphatic carbocycles. The molecule has 2 N–H and O–H groups in total. The quantitative estimate of drug-likeness (QED) is 0.787. The molecule has 1 fully saturated rings. The third kappa shape index (κ3) is 4.38. The number of carbonyl (C=O) groups is 3. The van der Waals surface area contributed by atoms with Gasteiger partial charge in [0, 0.05) is 29.2 Å². The van der Waals surface area contributed by atoms with Crippen LogP contribution in [0.3, 0.4) is 0 Å². The fraction of sp³-hybridized carbons (Fsp3) is 0.211. The Bertz CT molecular complexity index is 870. The van der Waals surface area contributed by atoms with Gasteiger partial charge >= 0.3 is 0 Å². The molecule has 0 bridgehead atoms. The number of nitrogens with zero attached hydrogens (tertiary/aromatic N) is 1. The van der Waals surface area contributed by atoms with Crippen molar-refractivity contribution in [2.24, 2.45) is 5.92 Å². The molecule has 8 heteroatoms. The highest BCUT2D eigenvalue weighted by Crippen LogP contribution is 2.26. The van der Waals surface area contributed by atoms with E-state index in [1.165, 1.54) is 12.0 Å². The highest BCUT2D eigenvalue weighted by molar-refractivity contribution is 6.30. The Kier molecular flexibility index (Phi) is 5.61. The lowest BCUT2D eigenvalue weighted by Gasteiger charge is -2.17. The summed E-state index contributed by atoms with van der Waals surface area (Å²) in [7, 11) is 1.50. The summed E-state index contributed by atoms with van der Waals surface area (Å²) >= 11 is 5.86. The van der Waals surface area contributed by atoms with Crippen LogP contribution in [0.4, 0.5) is 5.69 Å². The van der Waals surface area contributed by atoms with Crippen molar-refractivity contribution in [2.75, 3.05) is 18.6 Å². The van der Waals surface area contributed by atoms with Crippen LogP contribution in [-0.4, -0.2) is 31.4 Å². The van der Waals surface area contributed by atoms with Crippen LogP contribution in [0, 0.1) is 5.92 Å². The van der Waals surface area contributed by atoms with Gasteiger partial charge in [0.25, 0.3) is 5.91 Å². The van der Waals surface area contributed by atoms with E-state index in [-0.39, 0.29) is 18.9 Å². The molecule has 1 heterocycles. The maximum absolute atomic E-state index is 12.3. The minimum absolute atomic E-state index is 0.0729. The number of rotatable bonds is 4. The Morgan fingerprint density at radius 3 is 2.59 bits per heavy atom. The first-order chi connectivity index (χ1) is 13.0. The van der Waals surface area contributed by atoms with Crippen molar-refractivity contribution < 1.29 is 19.1 Å². The molecule has 0 radical (unpaired) electrons. The number of nitrogens with one attached hydrogen (secondary N) is 2. The molecule has 3 amide bonds. The largest absolute Gasteiger partial charge is 0.497 e. The van der Waals surface area contributed by atoms with Crippen molar-refractivity contribution in [1.82, 2.24) is 10.9 Å². The van der Waals surface area contributed by atoms with Crippen LogP contribution in [0.25, 0.3) is 0 Å². The second kappa shape index (κ2) is 8.09. The van der Waals surface area contributed by atoms with Gasteiger partial charge in [-0.15, -0.1) is 0 Å². The molecular weight excluding hydrogens is 370 g/mol.